The molecular weight excluding hydrogens is 501 g/mol. The third-order valence-electron chi connectivity index (χ3n) is 4.72. The Hall–Kier alpha value is -0.710. The molecule has 0 radical (unpaired) electrons. The fraction of sp³-hybridized carbons (Fsp3) is 0.600. The number of piperidine rings is 1. The summed E-state index contributed by atoms with van der Waals surface area (Å²) in [5, 5.41) is 14.7. The second-order valence-corrected chi connectivity index (χ2v) is 9.02. The van der Waals surface area contributed by atoms with E-state index in [0.717, 1.165) is 50.7 Å². The third-order valence-corrected chi connectivity index (χ3v) is 6.65. The van der Waals surface area contributed by atoms with Crippen molar-refractivity contribution in [3.63, 3.8) is 0 Å². The number of likely N-dealkylation sites (tertiary alicyclic amines) is 1. The van der Waals surface area contributed by atoms with Crippen LogP contribution in [0.2, 0.25) is 0 Å². The maximum atomic E-state index is 4.76. The molecule has 1 aliphatic heterocycles. The molecule has 0 unspecified atom stereocenters. The molecule has 0 aromatic carbocycles. The molecule has 0 spiro atoms. The number of thiophene rings is 1. The van der Waals surface area contributed by atoms with Crippen LogP contribution >= 0.6 is 46.7 Å². The predicted molar refractivity (Wildman–Crippen MR) is 132 cm³/mol. The molecule has 5 nitrogen and oxygen atoms in total. The smallest absolute Gasteiger partial charge is 0.191 e. The molecule has 28 heavy (non-hydrogen) atoms. The highest BCUT2D eigenvalue weighted by Crippen LogP contribution is 2.19. The first-order valence-corrected chi connectivity index (χ1v) is 11.7. The predicted octanol–water partition coefficient (Wildman–Crippen LogP) is 4.67. The minimum atomic E-state index is 0. The Bertz CT molecular complexity index is 706. The summed E-state index contributed by atoms with van der Waals surface area (Å²) in [5.41, 5.74) is 2.50. The van der Waals surface area contributed by atoms with Crippen molar-refractivity contribution in [2.75, 3.05) is 19.6 Å². The van der Waals surface area contributed by atoms with Gasteiger partial charge in [0.25, 0.3) is 0 Å². The molecule has 8 heteroatoms. The van der Waals surface area contributed by atoms with Crippen LogP contribution in [0.4, 0.5) is 0 Å². The average Bonchev–Trinajstić information content (AvgIpc) is 3.33. The van der Waals surface area contributed by atoms with E-state index in [1.165, 1.54) is 10.6 Å². The molecule has 0 bridgehead atoms. The first-order valence-electron chi connectivity index (χ1n) is 9.86. The highest BCUT2D eigenvalue weighted by Gasteiger charge is 2.20. The molecule has 0 saturated carbocycles. The molecule has 1 saturated heterocycles. The van der Waals surface area contributed by atoms with Gasteiger partial charge >= 0.3 is 0 Å². The minimum Gasteiger partial charge on any atom is -0.357 e. The van der Waals surface area contributed by atoms with Crippen LogP contribution in [0.15, 0.2) is 27.2 Å². The van der Waals surface area contributed by atoms with Gasteiger partial charge in [0.15, 0.2) is 5.96 Å². The van der Waals surface area contributed by atoms with Crippen LogP contribution in [0.1, 0.15) is 55.8 Å². The molecule has 156 valence electrons. The van der Waals surface area contributed by atoms with Gasteiger partial charge in [-0.05, 0) is 42.2 Å². The van der Waals surface area contributed by atoms with Crippen molar-refractivity contribution in [2.24, 2.45) is 4.99 Å². The number of nitrogens with one attached hydrogen (secondary N) is 2. The number of aromatic nitrogens is 1. The van der Waals surface area contributed by atoms with Gasteiger partial charge in [-0.3, -0.25) is 4.90 Å². The van der Waals surface area contributed by atoms with E-state index in [1.807, 2.05) is 0 Å². The zero-order chi connectivity index (χ0) is 19.1. The highest BCUT2D eigenvalue weighted by atomic mass is 127. The van der Waals surface area contributed by atoms with Crippen molar-refractivity contribution in [1.29, 1.82) is 0 Å². The fourth-order valence-corrected chi connectivity index (χ4v) is 4.70. The van der Waals surface area contributed by atoms with Crippen LogP contribution in [0, 0.1) is 0 Å². The van der Waals surface area contributed by atoms with Crippen molar-refractivity contribution in [1.82, 2.24) is 20.5 Å². The van der Waals surface area contributed by atoms with E-state index in [9.17, 15) is 0 Å². The second-order valence-electron chi connectivity index (χ2n) is 7.35. The number of guanidine groups is 1. The zero-order valence-electron chi connectivity index (χ0n) is 17.0. The summed E-state index contributed by atoms with van der Waals surface area (Å²) in [5.74, 6) is 1.39. The first-order chi connectivity index (χ1) is 13.1. The summed E-state index contributed by atoms with van der Waals surface area (Å²) in [7, 11) is 0. The van der Waals surface area contributed by atoms with Gasteiger partial charge in [-0.1, -0.05) is 13.8 Å². The van der Waals surface area contributed by atoms with Crippen molar-refractivity contribution < 1.29 is 0 Å². The van der Waals surface area contributed by atoms with Crippen molar-refractivity contribution in [3.05, 3.63) is 38.5 Å². The lowest BCUT2D eigenvalue weighted by Crippen LogP contribution is -2.48. The highest BCUT2D eigenvalue weighted by molar-refractivity contribution is 14.0. The van der Waals surface area contributed by atoms with E-state index < -0.39 is 0 Å². The number of halogens is 1. The molecule has 2 aromatic rings. The summed E-state index contributed by atoms with van der Waals surface area (Å²) in [6, 6.07) is 2.72. The van der Waals surface area contributed by atoms with Gasteiger partial charge in [0.05, 0.1) is 17.2 Å². The molecule has 3 rings (SSSR count). The summed E-state index contributed by atoms with van der Waals surface area (Å²) >= 11 is 3.52. The van der Waals surface area contributed by atoms with E-state index in [0.29, 0.717) is 18.5 Å². The summed E-state index contributed by atoms with van der Waals surface area (Å²) < 4.78 is 0. The Labute approximate surface area is 194 Å². The Kier molecular flexibility index (Phi) is 10.2. The van der Waals surface area contributed by atoms with Gasteiger partial charge in [0, 0.05) is 43.5 Å². The maximum Gasteiger partial charge on any atom is 0.191 e. The fourth-order valence-electron chi connectivity index (χ4n) is 3.21. The lowest BCUT2D eigenvalue weighted by molar-refractivity contribution is 0.198. The Balaban J connectivity index is 0.00000280. The monoisotopic (exact) mass is 533 g/mol. The van der Waals surface area contributed by atoms with Crippen molar-refractivity contribution in [3.8, 4) is 0 Å². The van der Waals surface area contributed by atoms with Gasteiger partial charge < -0.3 is 10.6 Å². The van der Waals surface area contributed by atoms with Crippen LogP contribution in [0.3, 0.4) is 0 Å². The number of rotatable bonds is 7. The second kappa shape index (κ2) is 12.1. The topological polar surface area (TPSA) is 52.6 Å². The lowest BCUT2D eigenvalue weighted by Gasteiger charge is -2.32. The van der Waals surface area contributed by atoms with Gasteiger partial charge in [-0.25, -0.2) is 9.98 Å². The Morgan fingerprint density at radius 2 is 2.11 bits per heavy atom. The van der Waals surface area contributed by atoms with Crippen LogP contribution < -0.4 is 10.6 Å². The number of hydrogen-bond acceptors (Lipinski definition) is 5. The zero-order valence-corrected chi connectivity index (χ0v) is 20.9. The molecular formula is C20H32IN5S2. The van der Waals surface area contributed by atoms with Gasteiger partial charge in [-0.2, -0.15) is 11.3 Å². The normalized spacial score (nSPS) is 16.2. The molecule has 3 heterocycles. The molecule has 2 aromatic heterocycles. The van der Waals surface area contributed by atoms with Crippen molar-refractivity contribution in [2.45, 2.75) is 58.7 Å². The van der Waals surface area contributed by atoms with Crippen LogP contribution in [-0.4, -0.2) is 41.5 Å². The van der Waals surface area contributed by atoms with E-state index >= 15 is 0 Å². The average molecular weight is 534 g/mol. The number of hydrogen-bond donors (Lipinski definition) is 2. The largest absolute Gasteiger partial charge is 0.357 e. The number of nitrogens with zero attached hydrogens (tertiary/aromatic N) is 3. The molecule has 1 aliphatic rings. The first kappa shape index (κ1) is 23.6. The van der Waals surface area contributed by atoms with Crippen molar-refractivity contribution >= 4 is 52.6 Å². The molecule has 0 atom stereocenters. The molecule has 0 aliphatic carbocycles. The maximum absolute atomic E-state index is 4.76. The molecule has 1 fully saturated rings. The Morgan fingerprint density at radius 1 is 1.32 bits per heavy atom. The van der Waals surface area contributed by atoms with E-state index in [4.69, 9.17) is 4.99 Å². The molecule has 2 N–H and O–H groups in total. The van der Waals surface area contributed by atoms with E-state index in [2.05, 4.69) is 63.5 Å². The lowest BCUT2D eigenvalue weighted by atomic mass is 10.0. The van der Waals surface area contributed by atoms with Gasteiger partial charge in [0.1, 0.15) is 0 Å². The molecule has 0 amide bonds. The quantitative estimate of drug-likeness (QED) is 0.309. The van der Waals surface area contributed by atoms with Crippen LogP contribution in [-0.2, 0) is 13.1 Å². The standard InChI is InChI=1S/C20H31N5S2.HI/c1-4-21-20(22-11-18-14-27-19(23-18)15(2)3)24-17-5-8-25(9-6-17)12-16-7-10-26-13-16;/h7,10,13-15,17H,4-6,8-9,11-12H2,1-3H3,(H2,21,22,24);1H. The Morgan fingerprint density at radius 3 is 2.71 bits per heavy atom. The van der Waals surface area contributed by atoms with Crippen LogP contribution in [0.5, 0.6) is 0 Å². The van der Waals surface area contributed by atoms with E-state index in [-0.39, 0.29) is 24.0 Å². The number of aliphatic imine (C=N–C) groups is 1. The number of thiazole rings is 1. The minimum absolute atomic E-state index is 0. The summed E-state index contributed by atoms with van der Waals surface area (Å²) in [6.45, 7) is 11.3. The summed E-state index contributed by atoms with van der Waals surface area (Å²) in [4.78, 5) is 12.0. The van der Waals surface area contributed by atoms with Gasteiger partial charge in [0.2, 0.25) is 0 Å². The van der Waals surface area contributed by atoms with E-state index in [1.54, 1.807) is 22.7 Å². The SMILES string of the molecule is CCNC(=NCc1csc(C(C)C)n1)NC1CCN(Cc2ccsc2)CC1.I. The van der Waals surface area contributed by atoms with Gasteiger partial charge in [-0.15, -0.1) is 35.3 Å². The van der Waals surface area contributed by atoms with Crippen LogP contribution in [0.25, 0.3) is 0 Å². The third kappa shape index (κ3) is 7.27. The summed E-state index contributed by atoms with van der Waals surface area (Å²) in [6.07, 6.45) is 2.31.